The number of benzene rings is 3. The first kappa shape index (κ1) is 24.6. The monoisotopic (exact) mass is 513 g/mol. The first-order valence-corrected chi connectivity index (χ1v) is 13.1. The molecule has 37 heavy (non-hydrogen) atoms. The van der Waals surface area contributed by atoms with Gasteiger partial charge in [-0.1, -0.05) is 55.5 Å². The van der Waals surface area contributed by atoms with Crippen molar-refractivity contribution in [1.29, 1.82) is 0 Å². The molecule has 3 aromatic carbocycles. The van der Waals surface area contributed by atoms with Gasteiger partial charge in [-0.3, -0.25) is 9.59 Å². The van der Waals surface area contributed by atoms with Crippen molar-refractivity contribution in [2.45, 2.75) is 33.1 Å². The second kappa shape index (κ2) is 10.5. The van der Waals surface area contributed by atoms with Crippen LogP contribution in [0, 0.1) is 5.92 Å². The van der Waals surface area contributed by atoms with E-state index in [1.807, 2.05) is 48.5 Å². The van der Waals surface area contributed by atoms with Crippen LogP contribution in [0.2, 0.25) is 0 Å². The van der Waals surface area contributed by atoms with Crippen molar-refractivity contribution in [3.8, 4) is 0 Å². The van der Waals surface area contributed by atoms with Crippen LogP contribution in [0.4, 0.5) is 5.00 Å². The molecule has 1 atom stereocenters. The number of carbonyl (C=O) groups excluding carboxylic acids is 3. The zero-order valence-corrected chi connectivity index (χ0v) is 21.5. The molecular weight excluding hydrogens is 486 g/mol. The van der Waals surface area contributed by atoms with Gasteiger partial charge in [0.15, 0.2) is 0 Å². The van der Waals surface area contributed by atoms with Crippen LogP contribution in [0.25, 0.3) is 21.5 Å². The molecule has 4 aromatic rings. The Hall–Kier alpha value is -4.04. The predicted octanol–water partition coefficient (Wildman–Crippen LogP) is 5.44. The molecule has 0 aliphatic heterocycles. The lowest BCUT2D eigenvalue weighted by Crippen LogP contribution is -2.32. The molecule has 188 valence electrons. The van der Waals surface area contributed by atoms with Crippen LogP contribution in [0.1, 0.15) is 46.6 Å². The highest BCUT2D eigenvalue weighted by molar-refractivity contribution is 7.17. The number of hydrazone groups is 1. The van der Waals surface area contributed by atoms with Crippen molar-refractivity contribution in [2.75, 3.05) is 11.9 Å². The molecule has 0 saturated heterocycles. The van der Waals surface area contributed by atoms with Gasteiger partial charge in [0, 0.05) is 10.4 Å². The maximum absolute atomic E-state index is 12.7. The Morgan fingerprint density at radius 1 is 1.05 bits per heavy atom. The molecule has 0 spiro atoms. The summed E-state index contributed by atoms with van der Waals surface area (Å²) in [6.07, 6.45) is 4.09. The molecule has 0 unspecified atom stereocenters. The number of esters is 1. The Balaban J connectivity index is 1.36. The van der Waals surface area contributed by atoms with Crippen LogP contribution in [-0.2, 0) is 27.2 Å². The summed E-state index contributed by atoms with van der Waals surface area (Å²) in [6, 6.07) is 18.0. The Bertz CT molecular complexity index is 1500. The van der Waals surface area contributed by atoms with Gasteiger partial charge in [0.25, 0.3) is 0 Å². The topological polar surface area (TPSA) is 96.9 Å². The lowest BCUT2D eigenvalue weighted by atomic mass is 9.88. The largest absolute Gasteiger partial charge is 0.462 e. The van der Waals surface area contributed by atoms with E-state index in [4.69, 9.17) is 4.74 Å². The number of hydrogen-bond donors (Lipinski definition) is 2. The number of thiophene rings is 1. The minimum atomic E-state index is -0.921. The number of carbonyl (C=O) groups is 3. The lowest BCUT2D eigenvalue weighted by Gasteiger charge is -2.18. The van der Waals surface area contributed by atoms with E-state index in [1.54, 1.807) is 13.1 Å². The third kappa shape index (κ3) is 4.97. The first-order valence-electron chi connectivity index (χ1n) is 12.3. The van der Waals surface area contributed by atoms with Gasteiger partial charge in [0.05, 0.1) is 18.4 Å². The van der Waals surface area contributed by atoms with Gasteiger partial charge in [-0.25, -0.2) is 10.2 Å². The molecule has 0 fully saturated rings. The average Bonchev–Trinajstić information content (AvgIpc) is 3.25. The lowest BCUT2D eigenvalue weighted by molar-refractivity contribution is -0.136. The van der Waals surface area contributed by atoms with Crippen LogP contribution < -0.4 is 10.7 Å². The van der Waals surface area contributed by atoms with Crippen molar-refractivity contribution in [3.05, 3.63) is 76.2 Å². The van der Waals surface area contributed by atoms with E-state index in [2.05, 4.69) is 28.8 Å². The van der Waals surface area contributed by atoms with Crippen molar-refractivity contribution in [3.63, 3.8) is 0 Å². The Kier molecular flexibility index (Phi) is 7.01. The minimum Gasteiger partial charge on any atom is -0.462 e. The highest BCUT2D eigenvalue weighted by Gasteiger charge is 2.30. The predicted molar refractivity (Wildman–Crippen MR) is 147 cm³/mol. The number of nitrogens with one attached hydrogen (secondary N) is 2. The molecule has 1 aliphatic rings. The van der Waals surface area contributed by atoms with Crippen LogP contribution in [0.15, 0.2) is 59.7 Å². The zero-order chi connectivity index (χ0) is 25.9. The van der Waals surface area contributed by atoms with Crippen molar-refractivity contribution in [1.82, 2.24) is 5.43 Å². The van der Waals surface area contributed by atoms with Gasteiger partial charge in [-0.05, 0) is 65.3 Å². The molecule has 1 aromatic heterocycles. The number of anilines is 1. The number of amides is 2. The molecular formula is C29H27N3O4S. The number of rotatable bonds is 5. The van der Waals surface area contributed by atoms with Crippen LogP contribution in [0.3, 0.4) is 0 Å². The fourth-order valence-corrected chi connectivity index (χ4v) is 6.21. The Morgan fingerprint density at radius 2 is 1.73 bits per heavy atom. The van der Waals surface area contributed by atoms with Crippen LogP contribution in [0.5, 0.6) is 0 Å². The summed E-state index contributed by atoms with van der Waals surface area (Å²) in [4.78, 5) is 39.1. The van der Waals surface area contributed by atoms with Gasteiger partial charge >= 0.3 is 17.8 Å². The third-order valence-electron chi connectivity index (χ3n) is 6.60. The number of nitrogens with zero attached hydrogens (tertiary/aromatic N) is 1. The molecule has 0 saturated carbocycles. The minimum absolute atomic E-state index is 0.227. The molecule has 5 rings (SSSR count). The Morgan fingerprint density at radius 3 is 2.41 bits per heavy atom. The summed E-state index contributed by atoms with van der Waals surface area (Å²) >= 11 is 1.34. The smallest absolute Gasteiger partial charge is 0.341 e. The van der Waals surface area contributed by atoms with E-state index in [9.17, 15) is 14.4 Å². The highest BCUT2D eigenvalue weighted by atomic mass is 32.1. The zero-order valence-electron chi connectivity index (χ0n) is 20.7. The second-order valence-corrected chi connectivity index (χ2v) is 10.3. The standard InChI is InChI=1S/C29H27N3O4S/c1-3-36-29(35)25-22-13-12-17(2)14-24(22)37-28(25)31-26(33)27(34)32-30-16-23-20-10-6-4-8-18(20)15-19-9-5-7-11-21(19)23/h4-11,15-17H,3,12-14H2,1-2H3,(H,31,33)(H,32,34)/b30-16-/t17-/m1/s1. The average molecular weight is 514 g/mol. The summed E-state index contributed by atoms with van der Waals surface area (Å²) in [5, 5.41) is 11.1. The molecule has 8 heteroatoms. The van der Waals surface area contributed by atoms with Gasteiger partial charge in [-0.2, -0.15) is 5.10 Å². The van der Waals surface area contributed by atoms with E-state index >= 15 is 0 Å². The molecule has 0 bridgehead atoms. The second-order valence-electron chi connectivity index (χ2n) is 9.16. The van der Waals surface area contributed by atoms with Crippen molar-refractivity contribution < 1.29 is 19.1 Å². The molecule has 0 radical (unpaired) electrons. The van der Waals surface area contributed by atoms with Crippen molar-refractivity contribution in [2.24, 2.45) is 11.0 Å². The molecule has 1 heterocycles. The summed E-state index contributed by atoms with van der Waals surface area (Å²) in [5.74, 6) is -1.80. The van der Waals surface area contributed by atoms with E-state index in [0.29, 0.717) is 16.5 Å². The summed E-state index contributed by atoms with van der Waals surface area (Å²) in [6.45, 7) is 4.13. The number of fused-ring (bicyclic) bond motifs is 3. The summed E-state index contributed by atoms with van der Waals surface area (Å²) in [5.41, 5.74) is 4.45. The van der Waals surface area contributed by atoms with E-state index in [-0.39, 0.29) is 6.61 Å². The molecule has 2 amide bonds. The Labute approximate surface area is 218 Å². The molecule has 2 N–H and O–H groups in total. The first-order chi connectivity index (χ1) is 18.0. The van der Waals surface area contributed by atoms with Crippen LogP contribution in [-0.4, -0.2) is 30.6 Å². The van der Waals surface area contributed by atoms with E-state index < -0.39 is 17.8 Å². The molecule has 7 nitrogen and oxygen atoms in total. The molecule has 1 aliphatic carbocycles. The fraction of sp³-hybridized carbons (Fsp3) is 0.241. The summed E-state index contributed by atoms with van der Waals surface area (Å²) < 4.78 is 5.24. The van der Waals surface area contributed by atoms with Gasteiger partial charge in [-0.15, -0.1) is 11.3 Å². The number of ether oxygens (including phenoxy) is 1. The highest BCUT2D eigenvalue weighted by Crippen LogP contribution is 2.40. The van der Waals surface area contributed by atoms with Gasteiger partial charge in [0.1, 0.15) is 5.00 Å². The maximum Gasteiger partial charge on any atom is 0.341 e. The van der Waals surface area contributed by atoms with Gasteiger partial charge in [0.2, 0.25) is 0 Å². The number of hydrogen-bond acceptors (Lipinski definition) is 6. The quantitative estimate of drug-likeness (QED) is 0.122. The normalized spacial score (nSPS) is 15.0. The maximum atomic E-state index is 12.7. The van der Waals surface area contributed by atoms with Gasteiger partial charge < -0.3 is 10.1 Å². The van der Waals surface area contributed by atoms with Crippen molar-refractivity contribution >= 4 is 61.9 Å². The van der Waals surface area contributed by atoms with Crippen LogP contribution >= 0.6 is 11.3 Å². The fourth-order valence-electron chi connectivity index (χ4n) is 4.81. The van der Waals surface area contributed by atoms with E-state index in [0.717, 1.165) is 56.8 Å². The summed E-state index contributed by atoms with van der Waals surface area (Å²) in [7, 11) is 0. The SMILES string of the molecule is CCOC(=O)c1c(NC(=O)C(=O)N/N=C\c2c3ccccc3cc3ccccc23)sc2c1CC[C@@H](C)C2. The third-order valence-corrected chi connectivity index (χ3v) is 7.77. The van der Waals surface area contributed by atoms with E-state index in [1.165, 1.54) is 11.3 Å².